The van der Waals surface area contributed by atoms with Crippen LogP contribution in [0, 0.1) is 0 Å². The van der Waals surface area contributed by atoms with Crippen LogP contribution < -0.4 is 4.90 Å². The molecule has 0 bridgehead atoms. The molecular weight excluding hydrogens is 210 g/mol. The van der Waals surface area contributed by atoms with Gasteiger partial charge in [0.1, 0.15) is 0 Å². The first-order chi connectivity index (χ1) is 7.20. The second kappa shape index (κ2) is 5.76. The highest BCUT2D eigenvalue weighted by Gasteiger charge is 2.10. The lowest BCUT2D eigenvalue weighted by molar-refractivity contribution is 0.112. The van der Waals surface area contributed by atoms with Gasteiger partial charge in [-0.2, -0.15) is 0 Å². The average molecular weight is 226 g/mol. The zero-order chi connectivity index (χ0) is 11.3. The maximum atomic E-state index is 10.9. The van der Waals surface area contributed by atoms with E-state index in [2.05, 4.69) is 6.92 Å². The molecule has 82 valence electrons. The first kappa shape index (κ1) is 12.1. The molecular formula is C12H16ClNO. The minimum Gasteiger partial charge on any atom is -0.373 e. The van der Waals surface area contributed by atoms with Gasteiger partial charge in [0, 0.05) is 19.2 Å². The largest absolute Gasteiger partial charge is 0.373 e. The zero-order valence-corrected chi connectivity index (χ0v) is 9.92. The van der Waals surface area contributed by atoms with Crippen LogP contribution in [0.5, 0.6) is 0 Å². The Kier molecular flexibility index (Phi) is 4.63. The van der Waals surface area contributed by atoms with Crippen LogP contribution in [-0.4, -0.2) is 19.9 Å². The summed E-state index contributed by atoms with van der Waals surface area (Å²) >= 11 is 6.08. The van der Waals surface area contributed by atoms with Gasteiger partial charge in [0.15, 0.2) is 6.29 Å². The van der Waals surface area contributed by atoms with Gasteiger partial charge in [-0.05, 0) is 18.6 Å². The number of carbonyl (C=O) groups excluding carboxylic acids is 1. The Bertz CT molecular complexity index is 338. The van der Waals surface area contributed by atoms with E-state index in [0.717, 1.165) is 31.4 Å². The predicted octanol–water partition coefficient (Wildman–Crippen LogP) is 3.39. The van der Waals surface area contributed by atoms with Crippen molar-refractivity contribution in [2.45, 2.75) is 19.8 Å². The van der Waals surface area contributed by atoms with Crippen molar-refractivity contribution in [1.82, 2.24) is 0 Å². The van der Waals surface area contributed by atoms with Crippen LogP contribution in [0.1, 0.15) is 30.1 Å². The van der Waals surface area contributed by atoms with Crippen molar-refractivity contribution in [2.75, 3.05) is 18.5 Å². The molecule has 0 aromatic heterocycles. The van der Waals surface area contributed by atoms with Crippen LogP contribution in [0.2, 0.25) is 5.02 Å². The molecule has 0 heterocycles. The molecule has 0 spiro atoms. The number of rotatable bonds is 5. The topological polar surface area (TPSA) is 20.3 Å². The minimum atomic E-state index is 0.637. The van der Waals surface area contributed by atoms with Crippen LogP contribution in [0.25, 0.3) is 0 Å². The van der Waals surface area contributed by atoms with Crippen LogP contribution >= 0.6 is 11.6 Å². The van der Waals surface area contributed by atoms with Crippen molar-refractivity contribution in [3.8, 4) is 0 Å². The van der Waals surface area contributed by atoms with E-state index in [9.17, 15) is 4.79 Å². The number of unbranched alkanes of at least 4 members (excludes halogenated alkanes) is 1. The Morgan fingerprint density at radius 1 is 1.47 bits per heavy atom. The smallest absolute Gasteiger partial charge is 0.152 e. The second-order valence-corrected chi connectivity index (χ2v) is 3.98. The van der Waals surface area contributed by atoms with Gasteiger partial charge in [0.25, 0.3) is 0 Å². The van der Waals surface area contributed by atoms with Crippen molar-refractivity contribution in [3.63, 3.8) is 0 Å². The van der Waals surface area contributed by atoms with Crippen LogP contribution in [0.3, 0.4) is 0 Å². The Morgan fingerprint density at radius 3 is 2.80 bits per heavy atom. The van der Waals surface area contributed by atoms with Gasteiger partial charge in [-0.25, -0.2) is 0 Å². The summed E-state index contributed by atoms with van der Waals surface area (Å²) in [6, 6.07) is 5.40. The molecule has 0 aliphatic rings. The van der Waals surface area contributed by atoms with Gasteiger partial charge >= 0.3 is 0 Å². The van der Waals surface area contributed by atoms with Crippen LogP contribution in [0.4, 0.5) is 5.69 Å². The highest BCUT2D eigenvalue weighted by Crippen LogP contribution is 2.28. The Hall–Kier alpha value is -1.02. The number of halogens is 1. The molecule has 0 saturated carbocycles. The third-order valence-corrected chi connectivity index (χ3v) is 2.68. The second-order valence-electron chi connectivity index (χ2n) is 3.57. The van der Waals surface area contributed by atoms with Gasteiger partial charge in [-0.3, -0.25) is 4.79 Å². The number of para-hydroxylation sites is 1. The molecule has 0 atom stereocenters. The number of nitrogens with zero attached hydrogens (tertiary/aromatic N) is 1. The summed E-state index contributed by atoms with van der Waals surface area (Å²) in [6.07, 6.45) is 3.08. The lowest BCUT2D eigenvalue weighted by Crippen LogP contribution is -2.20. The Labute approximate surface area is 95.8 Å². The molecule has 3 heteroatoms. The number of carbonyl (C=O) groups is 1. The van der Waals surface area contributed by atoms with Crippen molar-refractivity contribution in [2.24, 2.45) is 0 Å². The van der Waals surface area contributed by atoms with E-state index in [1.54, 1.807) is 12.1 Å². The summed E-state index contributed by atoms with van der Waals surface area (Å²) in [5.41, 5.74) is 1.49. The lowest BCUT2D eigenvalue weighted by Gasteiger charge is -2.21. The van der Waals surface area contributed by atoms with E-state index < -0.39 is 0 Å². The molecule has 0 aliphatic carbocycles. The van der Waals surface area contributed by atoms with E-state index in [1.165, 1.54) is 0 Å². The number of benzene rings is 1. The van der Waals surface area contributed by atoms with Crippen LogP contribution in [0.15, 0.2) is 18.2 Å². The van der Waals surface area contributed by atoms with E-state index >= 15 is 0 Å². The number of hydrogen-bond acceptors (Lipinski definition) is 2. The molecule has 1 rings (SSSR count). The fourth-order valence-corrected chi connectivity index (χ4v) is 1.86. The summed E-state index contributed by atoms with van der Waals surface area (Å²) in [6.45, 7) is 3.06. The van der Waals surface area contributed by atoms with Gasteiger partial charge in [0.2, 0.25) is 0 Å². The van der Waals surface area contributed by atoms with Crippen molar-refractivity contribution < 1.29 is 4.79 Å². The fraction of sp³-hybridized carbons (Fsp3) is 0.417. The summed E-state index contributed by atoms with van der Waals surface area (Å²) in [5, 5.41) is 0.637. The predicted molar refractivity (Wildman–Crippen MR) is 65.0 cm³/mol. The van der Waals surface area contributed by atoms with E-state index in [1.807, 2.05) is 18.0 Å². The summed E-state index contributed by atoms with van der Waals surface area (Å²) in [4.78, 5) is 12.9. The van der Waals surface area contributed by atoms with Gasteiger partial charge in [-0.15, -0.1) is 0 Å². The maximum absolute atomic E-state index is 10.9. The SMILES string of the molecule is CCCCN(C)c1c(Cl)cccc1C=O. The van der Waals surface area contributed by atoms with E-state index in [4.69, 9.17) is 11.6 Å². The molecule has 0 N–H and O–H groups in total. The first-order valence-electron chi connectivity index (χ1n) is 5.15. The quantitative estimate of drug-likeness (QED) is 0.716. The molecule has 1 aromatic rings. The lowest BCUT2D eigenvalue weighted by atomic mass is 10.1. The minimum absolute atomic E-state index is 0.637. The molecule has 15 heavy (non-hydrogen) atoms. The molecule has 0 amide bonds. The van der Waals surface area contributed by atoms with E-state index in [-0.39, 0.29) is 0 Å². The van der Waals surface area contributed by atoms with Gasteiger partial charge in [-0.1, -0.05) is 31.0 Å². The Morgan fingerprint density at radius 2 is 2.20 bits per heavy atom. The number of hydrogen-bond donors (Lipinski definition) is 0. The fourth-order valence-electron chi connectivity index (χ4n) is 1.54. The molecule has 0 aliphatic heterocycles. The third-order valence-electron chi connectivity index (χ3n) is 2.37. The molecule has 0 fully saturated rings. The van der Waals surface area contributed by atoms with Gasteiger partial charge in [0.05, 0.1) is 10.7 Å². The summed E-state index contributed by atoms with van der Waals surface area (Å²) in [7, 11) is 1.96. The monoisotopic (exact) mass is 225 g/mol. The number of anilines is 1. The molecule has 2 nitrogen and oxygen atoms in total. The molecule has 0 saturated heterocycles. The Balaban J connectivity index is 2.95. The van der Waals surface area contributed by atoms with Crippen molar-refractivity contribution in [1.29, 1.82) is 0 Å². The summed E-state index contributed by atoms with van der Waals surface area (Å²) in [5.74, 6) is 0. The maximum Gasteiger partial charge on any atom is 0.152 e. The first-order valence-corrected chi connectivity index (χ1v) is 5.53. The standard InChI is InChI=1S/C12H16ClNO/c1-3-4-8-14(2)12-10(9-15)6-5-7-11(12)13/h5-7,9H,3-4,8H2,1-2H3. The highest BCUT2D eigenvalue weighted by molar-refractivity contribution is 6.33. The van der Waals surface area contributed by atoms with Crippen LogP contribution in [-0.2, 0) is 0 Å². The zero-order valence-electron chi connectivity index (χ0n) is 9.16. The molecule has 0 radical (unpaired) electrons. The molecule has 0 unspecified atom stereocenters. The molecule has 1 aromatic carbocycles. The normalized spacial score (nSPS) is 10.1. The highest BCUT2D eigenvalue weighted by atomic mass is 35.5. The van der Waals surface area contributed by atoms with Gasteiger partial charge < -0.3 is 4.90 Å². The van der Waals surface area contributed by atoms with Crippen molar-refractivity contribution >= 4 is 23.6 Å². The average Bonchev–Trinajstić information content (AvgIpc) is 2.25. The third kappa shape index (κ3) is 2.96. The van der Waals surface area contributed by atoms with E-state index in [0.29, 0.717) is 10.6 Å². The summed E-state index contributed by atoms with van der Waals surface area (Å²) < 4.78 is 0. The van der Waals surface area contributed by atoms with Crippen molar-refractivity contribution in [3.05, 3.63) is 28.8 Å². The number of aldehydes is 1.